The summed E-state index contributed by atoms with van der Waals surface area (Å²) in [7, 11) is 1.90. The van der Waals surface area contributed by atoms with Crippen molar-refractivity contribution in [3.05, 3.63) is 23.8 Å². The summed E-state index contributed by atoms with van der Waals surface area (Å²) in [6.45, 7) is 4.67. The van der Waals surface area contributed by atoms with Crippen molar-refractivity contribution in [1.29, 1.82) is 0 Å². The molecule has 2 fully saturated rings. The van der Waals surface area contributed by atoms with Gasteiger partial charge in [0.15, 0.2) is 0 Å². The van der Waals surface area contributed by atoms with Crippen molar-refractivity contribution in [2.24, 2.45) is 5.41 Å². The van der Waals surface area contributed by atoms with Gasteiger partial charge in [0.2, 0.25) is 0 Å². The van der Waals surface area contributed by atoms with Gasteiger partial charge < -0.3 is 9.64 Å². The van der Waals surface area contributed by atoms with E-state index in [1.54, 1.807) is 12.4 Å². The number of aryl methyl sites for hydroxylation is 1. The van der Waals surface area contributed by atoms with Crippen LogP contribution >= 0.6 is 0 Å². The summed E-state index contributed by atoms with van der Waals surface area (Å²) in [5.74, 6) is -0.0290. The molecule has 0 radical (unpaired) electrons. The first-order chi connectivity index (χ1) is 10.6. The minimum absolute atomic E-state index is 0.0290. The molecule has 3 rings (SSSR count). The maximum Gasteiger partial charge on any atom is 0.274 e. The molecule has 2 atom stereocenters. The largest absolute Gasteiger partial charge is 0.378 e. The first-order valence-electron chi connectivity index (χ1n) is 8.26. The van der Waals surface area contributed by atoms with Crippen LogP contribution < -0.4 is 0 Å². The fourth-order valence-electron chi connectivity index (χ4n) is 4.22. The lowest BCUT2D eigenvalue weighted by Crippen LogP contribution is -2.64. The molecule has 120 valence electrons. The molecule has 0 unspecified atom stereocenters. The zero-order valence-electron chi connectivity index (χ0n) is 13.7. The van der Waals surface area contributed by atoms with Crippen LogP contribution in [0.15, 0.2) is 12.4 Å². The van der Waals surface area contributed by atoms with E-state index in [2.05, 4.69) is 9.97 Å². The second-order valence-electron chi connectivity index (χ2n) is 6.59. The molecule has 0 bridgehead atoms. The number of aromatic nitrogens is 2. The van der Waals surface area contributed by atoms with Gasteiger partial charge in [0.25, 0.3) is 5.91 Å². The van der Waals surface area contributed by atoms with E-state index in [-0.39, 0.29) is 17.4 Å². The monoisotopic (exact) mass is 303 g/mol. The highest BCUT2D eigenvalue weighted by Gasteiger charge is 2.58. The molecule has 2 saturated carbocycles. The number of amides is 1. The van der Waals surface area contributed by atoms with Crippen molar-refractivity contribution in [3.63, 3.8) is 0 Å². The number of nitrogens with zero attached hydrogens (tertiary/aromatic N) is 3. The van der Waals surface area contributed by atoms with Gasteiger partial charge in [-0.05, 0) is 33.1 Å². The quantitative estimate of drug-likeness (QED) is 0.858. The molecular weight excluding hydrogens is 278 g/mol. The zero-order chi connectivity index (χ0) is 15.7. The second-order valence-corrected chi connectivity index (χ2v) is 6.59. The maximum atomic E-state index is 12.7. The third kappa shape index (κ3) is 2.41. The molecule has 1 heterocycles. The average molecular weight is 303 g/mol. The molecule has 0 saturated heterocycles. The summed E-state index contributed by atoms with van der Waals surface area (Å²) in [5, 5.41) is 0. The van der Waals surface area contributed by atoms with E-state index in [1.165, 1.54) is 25.7 Å². The highest BCUT2D eigenvalue weighted by molar-refractivity contribution is 5.92. The van der Waals surface area contributed by atoms with Gasteiger partial charge in [-0.25, -0.2) is 4.98 Å². The topological polar surface area (TPSA) is 55.3 Å². The summed E-state index contributed by atoms with van der Waals surface area (Å²) in [6, 6.07) is 0.266. The number of ether oxygens (including phenoxy) is 1. The molecule has 0 aliphatic heterocycles. The SMILES string of the molecule is CCO[C@H]1C[C@H](N(C)C(=O)c2cnc(C)cn2)C12CCCC2. The van der Waals surface area contributed by atoms with Gasteiger partial charge in [-0.3, -0.25) is 9.78 Å². The van der Waals surface area contributed by atoms with Gasteiger partial charge in [-0.15, -0.1) is 0 Å². The van der Waals surface area contributed by atoms with E-state index in [4.69, 9.17) is 4.74 Å². The Hall–Kier alpha value is -1.49. The van der Waals surface area contributed by atoms with Gasteiger partial charge in [-0.1, -0.05) is 12.8 Å². The average Bonchev–Trinajstić information content (AvgIpc) is 3.03. The lowest BCUT2D eigenvalue weighted by Gasteiger charge is -2.56. The molecule has 1 spiro atoms. The predicted octanol–water partition coefficient (Wildman–Crippen LogP) is 2.59. The normalized spacial score (nSPS) is 26.0. The van der Waals surface area contributed by atoms with Crippen molar-refractivity contribution in [3.8, 4) is 0 Å². The number of rotatable bonds is 4. The van der Waals surface area contributed by atoms with E-state index < -0.39 is 0 Å². The van der Waals surface area contributed by atoms with Crippen molar-refractivity contribution < 1.29 is 9.53 Å². The second kappa shape index (κ2) is 5.95. The van der Waals surface area contributed by atoms with Crippen LogP contribution in [-0.4, -0.2) is 46.6 Å². The molecule has 1 aromatic heterocycles. The van der Waals surface area contributed by atoms with E-state index in [1.807, 2.05) is 25.8 Å². The third-order valence-corrected chi connectivity index (χ3v) is 5.43. The molecule has 0 N–H and O–H groups in total. The van der Waals surface area contributed by atoms with Crippen molar-refractivity contribution >= 4 is 5.91 Å². The molecule has 1 aromatic rings. The number of carbonyl (C=O) groups excluding carboxylic acids is 1. The van der Waals surface area contributed by atoms with Crippen LogP contribution in [0.25, 0.3) is 0 Å². The highest BCUT2D eigenvalue weighted by atomic mass is 16.5. The van der Waals surface area contributed by atoms with Crippen LogP contribution in [0.4, 0.5) is 0 Å². The van der Waals surface area contributed by atoms with Crippen LogP contribution in [0.1, 0.15) is 55.2 Å². The van der Waals surface area contributed by atoms with Gasteiger partial charge >= 0.3 is 0 Å². The van der Waals surface area contributed by atoms with Gasteiger partial charge in [-0.2, -0.15) is 0 Å². The van der Waals surface area contributed by atoms with Crippen LogP contribution in [0.5, 0.6) is 0 Å². The van der Waals surface area contributed by atoms with Gasteiger partial charge in [0, 0.05) is 31.3 Å². The Morgan fingerprint density at radius 2 is 2.09 bits per heavy atom. The number of carbonyl (C=O) groups is 1. The fraction of sp³-hybridized carbons (Fsp3) is 0.706. The minimum atomic E-state index is -0.0290. The predicted molar refractivity (Wildman–Crippen MR) is 83.6 cm³/mol. The summed E-state index contributed by atoms with van der Waals surface area (Å²) in [4.78, 5) is 23.0. The van der Waals surface area contributed by atoms with Crippen LogP contribution in [-0.2, 0) is 4.74 Å². The van der Waals surface area contributed by atoms with Crippen LogP contribution in [0.3, 0.4) is 0 Å². The molecule has 2 aliphatic carbocycles. The molecule has 5 nitrogen and oxygen atoms in total. The zero-order valence-corrected chi connectivity index (χ0v) is 13.7. The maximum absolute atomic E-state index is 12.7. The molecule has 2 aliphatic rings. The van der Waals surface area contributed by atoms with Gasteiger partial charge in [0.05, 0.1) is 18.0 Å². The Bertz CT molecular complexity index is 537. The molecule has 5 heteroatoms. The molecular formula is C17H25N3O2. The Labute approximate surface area is 132 Å². The summed E-state index contributed by atoms with van der Waals surface area (Å²) >= 11 is 0. The van der Waals surface area contributed by atoms with Crippen molar-refractivity contribution in [1.82, 2.24) is 14.9 Å². The van der Waals surface area contributed by atoms with Crippen LogP contribution in [0.2, 0.25) is 0 Å². The van der Waals surface area contributed by atoms with E-state index in [0.29, 0.717) is 11.8 Å². The first-order valence-corrected chi connectivity index (χ1v) is 8.26. The Morgan fingerprint density at radius 1 is 1.36 bits per heavy atom. The fourth-order valence-corrected chi connectivity index (χ4v) is 4.22. The van der Waals surface area contributed by atoms with E-state index in [0.717, 1.165) is 18.7 Å². The lowest BCUT2D eigenvalue weighted by molar-refractivity contribution is -0.152. The molecule has 0 aromatic carbocycles. The Balaban J connectivity index is 1.75. The van der Waals surface area contributed by atoms with E-state index in [9.17, 15) is 4.79 Å². The molecule has 22 heavy (non-hydrogen) atoms. The summed E-state index contributed by atoms with van der Waals surface area (Å²) in [6.07, 6.45) is 9.29. The minimum Gasteiger partial charge on any atom is -0.378 e. The van der Waals surface area contributed by atoms with Crippen molar-refractivity contribution in [2.75, 3.05) is 13.7 Å². The lowest BCUT2D eigenvalue weighted by atomic mass is 9.60. The Kier molecular flexibility index (Phi) is 4.17. The standard InChI is InChI=1S/C17H25N3O2/c1-4-22-15-9-14(17(15)7-5-6-8-17)20(3)16(21)13-11-18-12(2)10-19-13/h10-11,14-15H,4-9H2,1-3H3/t14-,15-/m0/s1. The van der Waals surface area contributed by atoms with Gasteiger partial charge in [0.1, 0.15) is 5.69 Å². The first kappa shape index (κ1) is 15.4. The van der Waals surface area contributed by atoms with Crippen LogP contribution in [0, 0.1) is 12.3 Å². The summed E-state index contributed by atoms with van der Waals surface area (Å²) in [5.41, 5.74) is 1.42. The Morgan fingerprint density at radius 3 is 2.68 bits per heavy atom. The third-order valence-electron chi connectivity index (χ3n) is 5.43. The number of hydrogen-bond donors (Lipinski definition) is 0. The van der Waals surface area contributed by atoms with Crippen molar-refractivity contribution in [2.45, 2.75) is 58.1 Å². The smallest absolute Gasteiger partial charge is 0.274 e. The highest BCUT2D eigenvalue weighted by Crippen LogP contribution is 2.56. The van der Waals surface area contributed by atoms with E-state index >= 15 is 0 Å². The molecule has 1 amide bonds. The number of hydrogen-bond acceptors (Lipinski definition) is 4. The summed E-state index contributed by atoms with van der Waals surface area (Å²) < 4.78 is 5.93.